The van der Waals surface area contributed by atoms with Crippen LogP contribution in [0.2, 0.25) is 0 Å². The molecule has 1 aromatic carbocycles. The molecule has 0 aliphatic carbocycles. The second-order valence-corrected chi connectivity index (χ2v) is 5.68. The molecule has 0 amide bonds. The molecule has 2 heteroatoms. The lowest BCUT2D eigenvalue weighted by Crippen LogP contribution is -2.16. The minimum absolute atomic E-state index is 0.0321. The Bertz CT molecular complexity index is 411. The molecule has 0 radical (unpaired) electrons. The number of carbonyl (C=O) groups excluding carboxylic acids is 1. The number of benzene rings is 1. The average Bonchev–Trinajstić information content (AvgIpc) is 2.15. The molecule has 0 heterocycles. The third-order valence-electron chi connectivity index (χ3n) is 2.56. The number of carbonyl (C=O) groups is 1. The van der Waals surface area contributed by atoms with Crippen LogP contribution in [0.3, 0.4) is 0 Å². The van der Waals surface area contributed by atoms with Crippen molar-refractivity contribution in [2.75, 3.05) is 0 Å². The fourth-order valence-electron chi connectivity index (χ4n) is 1.69. The highest BCUT2D eigenvalue weighted by molar-refractivity contribution is 5.94. The second kappa shape index (κ2) is 4.91. The molecular formula is C15H22O2. The number of ketones is 1. The molecule has 94 valence electrons. The van der Waals surface area contributed by atoms with Crippen LogP contribution in [0.4, 0.5) is 0 Å². The van der Waals surface area contributed by atoms with E-state index < -0.39 is 0 Å². The van der Waals surface area contributed by atoms with E-state index >= 15 is 0 Å². The largest absolute Gasteiger partial charge is 0.491 e. The third kappa shape index (κ3) is 3.58. The summed E-state index contributed by atoms with van der Waals surface area (Å²) in [5, 5.41) is 0. The maximum atomic E-state index is 11.4. The number of hydrogen-bond donors (Lipinski definition) is 0. The first-order chi connectivity index (χ1) is 7.71. The number of rotatable bonds is 3. The molecule has 2 nitrogen and oxygen atoms in total. The van der Waals surface area contributed by atoms with Gasteiger partial charge in [0.25, 0.3) is 0 Å². The summed E-state index contributed by atoms with van der Waals surface area (Å²) in [4.78, 5) is 11.4. The van der Waals surface area contributed by atoms with Crippen molar-refractivity contribution in [3.8, 4) is 5.75 Å². The molecule has 0 saturated carbocycles. The summed E-state index contributed by atoms with van der Waals surface area (Å²) in [6, 6.07) is 5.67. The van der Waals surface area contributed by atoms with Crippen molar-refractivity contribution < 1.29 is 9.53 Å². The van der Waals surface area contributed by atoms with Gasteiger partial charge in [-0.2, -0.15) is 0 Å². The first kappa shape index (κ1) is 13.8. The van der Waals surface area contributed by atoms with Crippen molar-refractivity contribution >= 4 is 5.78 Å². The smallest absolute Gasteiger partial charge is 0.159 e. The van der Waals surface area contributed by atoms with E-state index in [-0.39, 0.29) is 17.3 Å². The van der Waals surface area contributed by atoms with Gasteiger partial charge in [0.05, 0.1) is 6.10 Å². The Hall–Kier alpha value is -1.31. The highest BCUT2D eigenvalue weighted by Crippen LogP contribution is 2.32. The summed E-state index contributed by atoms with van der Waals surface area (Å²) in [5.41, 5.74) is 1.79. The fourth-order valence-corrected chi connectivity index (χ4v) is 1.69. The van der Waals surface area contributed by atoms with Gasteiger partial charge in [0, 0.05) is 11.1 Å². The van der Waals surface area contributed by atoms with Crippen molar-refractivity contribution in [2.24, 2.45) is 0 Å². The quantitative estimate of drug-likeness (QED) is 0.740. The fraction of sp³-hybridized carbons (Fsp3) is 0.533. The Morgan fingerprint density at radius 3 is 2.24 bits per heavy atom. The lowest BCUT2D eigenvalue weighted by atomic mass is 9.85. The maximum Gasteiger partial charge on any atom is 0.159 e. The molecule has 0 bridgehead atoms. The van der Waals surface area contributed by atoms with Crippen molar-refractivity contribution in [3.63, 3.8) is 0 Å². The number of hydrogen-bond acceptors (Lipinski definition) is 2. The van der Waals surface area contributed by atoms with Crippen molar-refractivity contribution in [1.29, 1.82) is 0 Å². The topological polar surface area (TPSA) is 26.3 Å². The van der Waals surface area contributed by atoms with E-state index in [2.05, 4.69) is 20.8 Å². The average molecular weight is 234 g/mol. The highest BCUT2D eigenvalue weighted by atomic mass is 16.5. The normalized spacial score (nSPS) is 11.7. The predicted molar refractivity (Wildman–Crippen MR) is 70.9 cm³/mol. The lowest BCUT2D eigenvalue weighted by molar-refractivity contribution is 0.101. The molecule has 0 N–H and O–H groups in total. The molecule has 0 spiro atoms. The molecule has 0 saturated heterocycles. The molecular weight excluding hydrogens is 212 g/mol. The van der Waals surface area contributed by atoms with E-state index in [1.165, 1.54) is 0 Å². The van der Waals surface area contributed by atoms with Gasteiger partial charge in [0.15, 0.2) is 5.78 Å². The van der Waals surface area contributed by atoms with E-state index in [9.17, 15) is 4.79 Å². The minimum atomic E-state index is -0.0321. The van der Waals surface area contributed by atoms with Gasteiger partial charge in [-0.25, -0.2) is 0 Å². The zero-order chi connectivity index (χ0) is 13.2. The number of Topliss-reactive ketones (excluding diaryl/α,β-unsaturated/α-hetero) is 1. The Labute approximate surface area is 104 Å². The molecule has 17 heavy (non-hydrogen) atoms. The Balaban J connectivity index is 3.27. The van der Waals surface area contributed by atoms with Gasteiger partial charge in [-0.05, 0) is 44.4 Å². The third-order valence-corrected chi connectivity index (χ3v) is 2.56. The van der Waals surface area contributed by atoms with Crippen LogP contribution in [0.15, 0.2) is 18.2 Å². The highest BCUT2D eigenvalue weighted by Gasteiger charge is 2.20. The van der Waals surface area contributed by atoms with Crippen LogP contribution >= 0.6 is 0 Å². The SMILES string of the molecule is CC(=O)c1ccc(OC(C)C)c(C(C)(C)C)c1. The Kier molecular flexibility index (Phi) is 3.97. The van der Waals surface area contributed by atoms with Gasteiger partial charge in [-0.3, -0.25) is 4.79 Å². The first-order valence-corrected chi connectivity index (χ1v) is 6.04. The molecule has 0 fully saturated rings. The van der Waals surface area contributed by atoms with Crippen LogP contribution in [0.25, 0.3) is 0 Å². The molecule has 0 atom stereocenters. The summed E-state index contributed by atoms with van der Waals surface area (Å²) in [6.45, 7) is 12.0. The van der Waals surface area contributed by atoms with Crippen LogP contribution in [0.5, 0.6) is 5.75 Å². The monoisotopic (exact) mass is 234 g/mol. The molecule has 1 rings (SSSR count). The zero-order valence-electron chi connectivity index (χ0n) is 11.6. The van der Waals surface area contributed by atoms with Crippen LogP contribution in [0, 0.1) is 0 Å². The molecule has 0 unspecified atom stereocenters. The van der Waals surface area contributed by atoms with Gasteiger partial charge in [-0.1, -0.05) is 20.8 Å². The van der Waals surface area contributed by atoms with E-state index in [0.717, 1.165) is 16.9 Å². The summed E-state index contributed by atoms with van der Waals surface area (Å²) in [6.07, 6.45) is 0.138. The standard InChI is InChI=1S/C15H22O2/c1-10(2)17-14-8-7-12(11(3)16)9-13(14)15(4,5)6/h7-10H,1-6H3. The van der Waals surface area contributed by atoms with Gasteiger partial charge >= 0.3 is 0 Å². The van der Waals surface area contributed by atoms with Crippen LogP contribution in [-0.2, 0) is 5.41 Å². The van der Waals surface area contributed by atoms with E-state index in [1.54, 1.807) is 6.92 Å². The van der Waals surface area contributed by atoms with Crippen molar-refractivity contribution in [2.45, 2.75) is 53.1 Å². The van der Waals surface area contributed by atoms with Crippen LogP contribution in [0.1, 0.15) is 57.5 Å². The zero-order valence-corrected chi connectivity index (χ0v) is 11.6. The predicted octanol–water partition coefficient (Wildman–Crippen LogP) is 3.97. The van der Waals surface area contributed by atoms with E-state index in [1.807, 2.05) is 32.0 Å². The van der Waals surface area contributed by atoms with E-state index in [0.29, 0.717) is 0 Å². The maximum absolute atomic E-state index is 11.4. The summed E-state index contributed by atoms with van der Waals surface area (Å²) in [5.74, 6) is 0.962. The van der Waals surface area contributed by atoms with Gasteiger partial charge < -0.3 is 4.74 Å². The number of ether oxygens (including phenoxy) is 1. The van der Waals surface area contributed by atoms with Gasteiger partial charge in [0.1, 0.15) is 5.75 Å². The molecule has 0 aromatic heterocycles. The molecule has 0 aliphatic rings. The second-order valence-electron chi connectivity index (χ2n) is 5.68. The van der Waals surface area contributed by atoms with Gasteiger partial charge in [-0.15, -0.1) is 0 Å². The Morgan fingerprint density at radius 1 is 1.24 bits per heavy atom. The van der Waals surface area contributed by atoms with Gasteiger partial charge in [0.2, 0.25) is 0 Å². The summed E-state index contributed by atoms with van der Waals surface area (Å²) < 4.78 is 5.80. The molecule has 0 aliphatic heterocycles. The lowest BCUT2D eigenvalue weighted by Gasteiger charge is -2.24. The first-order valence-electron chi connectivity index (χ1n) is 6.04. The van der Waals surface area contributed by atoms with Crippen LogP contribution in [-0.4, -0.2) is 11.9 Å². The van der Waals surface area contributed by atoms with E-state index in [4.69, 9.17) is 4.74 Å². The van der Waals surface area contributed by atoms with Crippen LogP contribution < -0.4 is 4.74 Å². The molecule has 1 aromatic rings. The Morgan fingerprint density at radius 2 is 1.82 bits per heavy atom. The minimum Gasteiger partial charge on any atom is -0.491 e. The summed E-state index contributed by atoms with van der Waals surface area (Å²) in [7, 11) is 0. The summed E-state index contributed by atoms with van der Waals surface area (Å²) >= 11 is 0. The van der Waals surface area contributed by atoms with Crippen molar-refractivity contribution in [1.82, 2.24) is 0 Å². The van der Waals surface area contributed by atoms with Crippen molar-refractivity contribution in [3.05, 3.63) is 29.3 Å².